The van der Waals surface area contributed by atoms with E-state index in [-0.39, 0.29) is 4.90 Å². The second-order valence-corrected chi connectivity index (χ2v) is 6.76. The molecule has 0 atom stereocenters. The van der Waals surface area contributed by atoms with Crippen LogP contribution in [0.15, 0.2) is 23.1 Å². The molecule has 1 aromatic rings. The number of fused-ring (bicyclic) bond motifs is 1. The zero-order valence-corrected chi connectivity index (χ0v) is 11.2. The first-order valence-electron chi connectivity index (χ1n) is 5.49. The number of hydrogen-bond acceptors (Lipinski definition) is 3. The Labute approximate surface area is 110 Å². The van der Waals surface area contributed by atoms with E-state index in [4.69, 9.17) is 16.4 Å². The molecule has 0 saturated carbocycles. The number of carbonyl (C=O) groups is 1. The molecule has 0 saturated heterocycles. The van der Waals surface area contributed by atoms with Crippen molar-refractivity contribution in [2.24, 2.45) is 5.73 Å². The van der Waals surface area contributed by atoms with Crippen LogP contribution in [-0.4, -0.2) is 32.4 Å². The molecule has 1 aliphatic heterocycles. The molecule has 1 heterocycles. The molecule has 2 N–H and O–H groups in total. The maximum atomic E-state index is 11.3. The number of nitrogens with zero attached hydrogens (tertiary/aromatic N) is 1. The summed E-state index contributed by atoms with van der Waals surface area (Å²) in [6.45, 7) is 1.05. The van der Waals surface area contributed by atoms with Gasteiger partial charge in [0.15, 0.2) is 0 Å². The molecule has 0 aliphatic carbocycles. The third-order valence-electron chi connectivity index (χ3n) is 3.07. The number of halogens is 1. The predicted molar refractivity (Wildman–Crippen MR) is 68.0 cm³/mol. The Balaban J connectivity index is 2.32. The van der Waals surface area contributed by atoms with E-state index in [0.717, 1.165) is 11.1 Å². The van der Waals surface area contributed by atoms with Crippen molar-refractivity contribution in [3.8, 4) is 0 Å². The Kier molecular flexibility index (Phi) is 3.49. The lowest BCUT2D eigenvalue weighted by molar-refractivity contribution is 0.210. The van der Waals surface area contributed by atoms with Crippen LogP contribution < -0.4 is 5.73 Å². The monoisotopic (exact) mass is 288 g/mol. The van der Waals surface area contributed by atoms with E-state index in [1.807, 2.05) is 0 Å². The summed E-state index contributed by atoms with van der Waals surface area (Å²) in [5.74, 6) is 0. The van der Waals surface area contributed by atoms with E-state index in [1.54, 1.807) is 17.0 Å². The maximum absolute atomic E-state index is 11.3. The number of benzene rings is 1. The summed E-state index contributed by atoms with van der Waals surface area (Å²) in [4.78, 5) is 12.8. The Morgan fingerprint density at radius 3 is 2.39 bits per heavy atom. The van der Waals surface area contributed by atoms with Crippen molar-refractivity contribution in [1.82, 2.24) is 4.90 Å². The Hall–Kier alpha value is -1.27. The third kappa shape index (κ3) is 2.76. The van der Waals surface area contributed by atoms with Crippen molar-refractivity contribution in [2.45, 2.75) is 17.7 Å². The number of primary amides is 1. The van der Waals surface area contributed by atoms with Crippen LogP contribution in [0.3, 0.4) is 0 Å². The van der Waals surface area contributed by atoms with E-state index in [9.17, 15) is 13.2 Å². The van der Waals surface area contributed by atoms with Crippen LogP contribution in [0.1, 0.15) is 11.1 Å². The SMILES string of the molecule is NC(=O)N1CCc2ccc(S(=O)(=O)Cl)cc2CC1. The number of urea groups is 1. The van der Waals surface area contributed by atoms with Gasteiger partial charge < -0.3 is 10.6 Å². The molecule has 0 spiro atoms. The second-order valence-electron chi connectivity index (χ2n) is 4.19. The summed E-state index contributed by atoms with van der Waals surface area (Å²) >= 11 is 0. The summed E-state index contributed by atoms with van der Waals surface area (Å²) in [7, 11) is 1.60. The smallest absolute Gasteiger partial charge is 0.314 e. The van der Waals surface area contributed by atoms with Gasteiger partial charge in [0.25, 0.3) is 9.05 Å². The molecule has 0 unspecified atom stereocenters. The summed E-state index contributed by atoms with van der Waals surface area (Å²) in [6.07, 6.45) is 1.25. The lowest BCUT2D eigenvalue weighted by Gasteiger charge is -2.16. The summed E-state index contributed by atoms with van der Waals surface area (Å²) < 4.78 is 22.5. The van der Waals surface area contributed by atoms with Crippen LogP contribution in [0.5, 0.6) is 0 Å². The van der Waals surface area contributed by atoms with Crippen molar-refractivity contribution in [1.29, 1.82) is 0 Å². The molecular formula is C11H13ClN2O3S. The van der Waals surface area contributed by atoms with Crippen molar-refractivity contribution in [3.05, 3.63) is 29.3 Å². The molecule has 0 aromatic heterocycles. The molecule has 1 aliphatic rings. The van der Waals surface area contributed by atoms with Crippen molar-refractivity contribution < 1.29 is 13.2 Å². The third-order valence-corrected chi connectivity index (χ3v) is 4.42. The van der Waals surface area contributed by atoms with E-state index in [2.05, 4.69) is 0 Å². The lowest BCUT2D eigenvalue weighted by atomic mass is 10.0. The topological polar surface area (TPSA) is 80.5 Å². The fourth-order valence-corrected chi connectivity index (χ4v) is 2.88. The van der Waals surface area contributed by atoms with Crippen LogP contribution >= 0.6 is 10.7 Å². The number of rotatable bonds is 1. The van der Waals surface area contributed by atoms with Gasteiger partial charge in [0.2, 0.25) is 0 Å². The molecular weight excluding hydrogens is 276 g/mol. The van der Waals surface area contributed by atoms with Gasteiger partial charge in [-0.25, -0.2) is 13.2 Å². The normalized spacial score (nSPS) is 15.9. The molecule has 2 amide bonds. The fraction of sp³-hybridized carbons (Fsp3) is 0.364. The highest BCUT2D eigenvalue weighted by molar-refractivity contribution is 8.13. The van der Waals surface area contributed by atoms with Crippen LogP contribution in [-0.2, 0) is 21.9 Å². The minimum atomic E-state index is -3.71. The summed E-state index contributed by atoms with van der Waals surface area (Å²) in [5.41, 5.74) is 7.17. The predicted octanol–water partition coefficient (Wildman–Crippen LogP) is 1.09. The van der Waals surface area contributed by atoms with Crippen LogP contribution in [0.2, 0.25) is 0 Å². The average Bonchev–Trinajstić information content (AvgIpc) is 2.48. The number of nitrogens with two attached hydrogens (primary N) is 1. The standard InChI is InChI=1S/C11H13ClN2O3S/c12-18(16,17)10-2-1-8-3-5-14(11(13)15)6-4-9(8)7-10/h1-2,7H,3-6H2,(H2,13,15). The number of hydrogen-bond donors (Lipinski definition) is 1. The quantitative estimate of drug-likeness (QED) is 0.786. The van der Waals surface area contributed by atoms with Crippen LogP contribution in [0.25, 0.3) is 0 Å². The highest BCUT2D eigenvalue weighted by Crippen LogP contribution is 2.22. The number of amides is 2. The van der Waals surface area contributed by atoms with Gasteiger partial charge in [-0.1, -0.05) is 6.07 Å². The first-order chi connectivity index (χ1) is 8.38. The zero-order chi connectivity index (χ0) is 13.3. The highest BCUT2D eigenvalue weighted by Gasteiger charge is 2.18. The molecule has 5 nitrogen and oxygen atoms in total. The van der Waals surface area contributed by atoms with E-state index in [1.165, 1.54) is 6.07 Å². The first-order valence-corrected chi connectivity index (χ1v) is 7.80. The van der Waals surface area contributed by atoms with Crippen molar-refractivity contribution in [3.63, 3.8) is 0 Å². The van der Waals surface area contributed by atoms with Gasteiger partial charge >= 0.3 is 6.03 Å². The minimum Gasteiger partial charge on any atom is -0.351 e. The van der Waals surface area contributed by atoms with Gasteiger partial charge in [0.1, 0.15) is 0 Å². The minimum absolute atomic E-state index is 0.0930. The first kappa shape index (κ1) is 13.2. The Morgan fingerprint density at radius 1 is 1.22 bits per heavy atom. The van der Waals surface area contributed by atoms with Gasteiger partial charge in [-0.15, -0.1) is 0 Å². The Bertz CT molecular complexity index is 586. The fourth-order valence-electron chi connectivity index (χ4n) is 2.07. The Morgan fingerprint density at radius 2 is 1.83 bits per heavy atom. The molecule has 7 heteroatoms. The van der Waals surface area contributed by atoms with Crippen molar-refractivity contribution in [2.75, 3.05) is 13.1 Å². The molecule has 0 radical (unpaired) electrons. The van der Waals surface area contributed by atoms with E-state index in [0.29, 0.717) is 25.9 Å². The summed E-state index contributed by atoms with van der Waals surface area (Å²) in [6, 6.07) is 4.35. The average molecular weight is 289 g/mol. The largest absolute Gasteiger partial charge is 0.351 e. The molecule has 0 fully saturated rings. The van der Waals surface area contributed by atoms with Gasteiger partial charge in [-0.05, 0) is 36.1 Å². The van der Waals surface area contributed by atoms with Crippen molar-refractivity contribution >= 4 is 25.8 Å². The van der Waals surface area contributed by atoms with E-state index >= 15 is 0 Å². The van der Waals surface area contributed by atoms with Gasteiger partial charge in [0.05, 0.1) is 4.90 Å². The van der Waals surface area contributed by atoms with Gasteiger partial charge in [-0.3, -0.25) is 0 Å². The zero-order valence-electron chi connectivity index (χ0n) is 9.60. The highest BCUT2D eigenvalue weighted by atomic mass is 35.7. The molecule has 1 aromatic carbocycles. The second kappa shape index (κ2) is 4.78. The lowest BCUT2D eigenvalue weighted by Crippen LogP contribution is -2.37. The van der Waals surface area contributed by atoms with Crippen LogP contribution in [0, 0.1) is 0 Å². The van der Waals surface area contributed by atoms with Gasteiger partial charge in [-0.2, -0.15) is 0 Å². The maximum Gasteiger partial charge on any atom is 0.314 e. The summed E-state index contributed by atoms with van der Waals surface area (Å²) in [5, 5.41) is 0. The van der Waals surface area contributed by atoms with Crippen LogP contribution in [0.4, 0.5) is 4.79 Å². The molecule has 98 valence electrons. The number of carbonyl (C=O) groups excluding carboxylic acids is 1. The molecule has 2 rings (SSSR count). The molecule has 18 heavy (non-hydrogen) atoms. The van der Waals surface area contributed by atoms with E-state index < -0.39 is 15.1 Å². The van der Waals surface area contributed by atoms with Gasteiger partial charge in [0, 0.05) is 23.8 Å². The molecule has 0 bridgehead atoms.